The number of carbonyl (C=O) groups excluding carboxylic acids is 3. The summed E-state index contributed by atoms with van der Waals surface area (Å²) < 4.78 is 12.0. The molecule has 4 unspecified atom stereocenters. The molecule has 0 saturated heterocycles. The second kappa shape index (κ2) is 14.9. The van der Waals surface area contributed by atoms with Crippen molar-refractivity contribution in [2.24, 2.45) is 11.8 Å². The van der Waals surface area contributed by atoms with Crippen molar-refractivity contribution in [3.05, 3.63) is 82.4 Å². The standard InChI is InChI=1S/C38H48N2O6/c1-8-10-11-20-46-31-19-18-27(21-32(31)45-9-2)33-34(36(42)39-28-16-12-14-23(3)25(28)5)30(41)22-38(7,44)35(33)37(43)40-29-17-13-15-24(4)26(29)6/h12-19,21,33-35,44H,8-11,20,22H2,1-7H3,(H,39,42)(H,40,43). The fraction of sp³-hybridized carbons (Fsp3) is 0.447. The first-order valence-electron chi connectivity index (χ1n) is 16.3. The molecular formula is C38H48N2O6. The Morgan fingerprint density at radius 1 is 0.848 bits per heavy atom. The van der Waals surface area contributed by atoms with Crippen molar-refractivity contribution in [2.75, 3.05) is 23.8 Å². The Balaban J connectivity index is 1.82. The number of carbonyl (C=O) groups is 3. The van der Waals surface area contributed by atoms with Gasteiger partial charge in [-0.1, -0.05) is 50.1 Å². The lowest BCUT2D eigenvalue weighted by atomic mass is 9.61. The van der Waals surface area contributed by atoms with Crippen molar-refractivity contribution < 1.29 is 29.0 Å². The van der Waals surface area contributed by atoms with Gasteiger partial charge >= 0.3 is 0 Å². The van der Waals surface area contributed by atoms with Crippen LogP contribution in [0.15, 0.2) is 54.6 Å². The number of hydrogen-bond donors (Lipinski definition) is 3. The fourth-order valence-corrected chi connectivity index (χ4v) is 6.34. The number of aryl methyl sites for hydroxylation is 2. The van der Waals surface area contributed by atoms with Crippen LogP contribution in [0.4, 0.5) is 11.4 Å². The Kier molecular flexibility index (Phi) is 11.3. The van der Waals surface area contributed by atoms with Gasteiger partial charge in [0.25, 0.3) is 0 Å². The first-order chi connectivity index (χ1) is 21.9. The molecule has 1 aliphatic carbocycles. The molecule has 46 heavy (non-hydrogen) atoms. The minimum Gasteiger partial charge on any atom is -0.490 e. The molecule has 1 aliphatic rings. The van der Waals surface area contributed by atoms with Crippen molar-refractivity contribution in [3.8, 4) is 11.5 Å². The zero-order valence-electron chi connectivity index (χ0n) is 28.2. The largest absolute Gasteiger partial charge is 0.490 e. The summed E-state index contributed by atoms with van der Waals surface area (Å²) in [6.07, 6.45) is 2.64. The maximum absolute atomic E-state index is 14.3. The van der Waals surface area contributed by atoms with Gasteiger partial charge in [-0.15, -0.1) is 0 Å². The molecule has 0 spiro atoms. The molecule has 4 atom stereocenters. The molecule has 4 rings (SSSR count). The molecule has 0 heterocycles. The molecule has 3 aromatic rings. The Morgan fingerprint density at radius 2 is 1.46 bits per heavy atom. The maximum Gasteiger partial charge on any atom is 0.235 e. The SMILES string of the molecule is CCCCCOc1ccc(C2C(C(=O)Nc3cccc(C)c3C)C(=O)CC(C)(O)C2C(=O)Nc2cccc(C)c2C)cc1OCC. The number of amides is 2. The third kappa shape index (κ3) is 7.61. The van der Waals surface area contributed by atoms with Gasteiger partial charge in [0.05, 0.1) is 24.7 Å². The number of unbranched alkanes of at least 4 members (excludes halogenated alkanes) is 2. The minimum absolute atomic E-state index is 0.351. The van der Waals surface area contributed by atoms with E-state index in [1.54, 1.807) is 30.3 Å². The molecule has 1 saturated carbocycles. The number of rotatable bonds is 12. The van der Waals surface area contributed by atoms with Gasteiger partial charge in [-0.2, -0.15) is 0 Å². The van der Waals surface area contributed by atoms with Crippen LogP contribution in [0.2, 0.25) is 0 Å². The normalized spacial score (nSPS) is 21.0. The van der Waals surface area contributed by atoms with Crippen LogP contribution in [0.3, 0.4) is 0 Å². The Morgan fingerprint density at radius 3 is 2.04 bits per heavy atom. The molecule has 8 heteroatoms. The summed E-state index contributed by atoms with van der Waals surface area (Å²) in [7, 11) is 0. The summed E-state index contributed by atoms with van der Waals surface area (Å²) in [5, 5.41) is 17.8. The molecule has 0 aromatic heterocycles. The zero-order valence-corrected chi connectivity index (χ0v) is 28.2. The van der Waals surface area contributed by atoms with Crippen molar-refractivity contribution in [2.45, 2.75) is 85.7 Å². The Bertz CT molecular complexity index is 1580. The van der Waals surface area contributed by atoms with Crippen LogP contribution in [0, 0.1) is 39.5 Å². The van der Waals surface area contributed by atoms with Gasteiger partial charge < -0.3 is 25.2 Å². The summed E-state index contributed by atoms with van der Waals surface area (Å²) in [5.41, 5.74) is 3.77. The average Bonchev–Trinajstić information content (AvgIpc) is 2.99. The molecule has 8 nitrogen and oxygen atoms in total. The van der Waals surface area contributed by atoms with E-state index in [9.17, 15) is 19.5 Å². The summed E-state index contributed by atoms with van der Waals surface area (Å²) in [6.45, 7) is 14.1. The topological polar surface area (TPSA) is 114 Å². The first kappa shape index (κ1) is 34.7. The van der Waals surface area contributed by atoms with Gasteiger partial charge in [-0.3, -0.25) is 14.4 Å². The Labute approximate surface area is 272 Å². The molecule has 1 fully saturated rings. The molecular weight excluding hydrogens is 580 g/mol. The van der Waals surface area contributed by atoms with E-state index in [0.717, 1.165) is 41.5 Å². The maximum atomic E-state index is 14.3. The highest BCUT2D eigenvalue weighted by molar-refractivity contribution is 6.10. The van der Waals surface area contributed by atoms with E-state index in [1.165, 1.54) is 6.92 Å². The summed E-state index contributed by atoms with van der Waals surface area (Å²) in [5.74, 6) is -3.84. The van der Waals surface area contributed by atoms with Crippen LogP contribution in [0.25, 0.3) is 0 Å². The number of ketones is 1. The molecule has 0 radical (unpaired) electrons. The predicted octanol–water partition coefficient (Wildman–Crippen LogP) is 7.21. The van der Waals surface area contributed by atoms with Crippen LogP contribution >= 0.6 is 0 Å². The van der Waals surface area contributed by atoms with E-state index in [2.05, 4.69) is 17.6 Å². The van der Waals surface area contributed by atoms with Gasteiger partial charge in [0.15, 0.2) is 11.5 Å². The quantitative estimate of drug-likeness (QED) is 0.144. The van der Waals surface area contributed by atoms with Gasteiger partial charge in [-0.25, -0.2) is 0 Å². The highest BCUT2D eigenvalue weighted by Gasteiger charge is 2.56. The number of Topliss-reactive ketones (excluding diaryl/α,β-unsaturated/α-hetero) is 1. The van der Waals surface area contributed by atoms with Crippen molar-refractivity contribution in [1.82, 2.24) is 0 Å². The van der Waals surface area contributed by atoms with Crippen LogP contribution in [0.5, 0.6) is 11.5 Å². The molecule has 3 aromatic carbocycles. The highest BCUT2D eigenvalue weighted by Crippen LogP contribution is 2.48. The first-order valence-corrected chi connectivity index (χ1v) is 16.3. The number of aliphatic hydroxyl groups is 1. The van der Waals surface area contributed by atoms with Crippen LogP contribution < -0.4 is 20.1 Å². The summed E-state index contributed by atoms with van der Waals surface area (Å²) in [4.78, 5) is 42.3. The molecule has 0 aliphatic heterocycles. The summed E-state index contributed by atoms with van der Waals surface area (Å²) in [6, 6.07) is 16.5. The number of hydrogen-bond acceptors (Lipinski definition) is 6. The molecule has 246 valence electrons. The van der Waals surface area contributed by atoms with E-state index in [1.807, 2.05) is 58.9 Å². The number of anilines is 2. The van der Waals surface area contributed by atoms with E-state index >= 15 is 0 Å². The lowest BCUT2D eigenvalue weighted by molar-refractivity contribution is -0.150. The third-order valence-electron chi connectivity index (χ3n) is 9.22. The van der Waals surface area contributed by atoms with Crippen molar-refractivity contribution in [1.29, 1.82) is 0 Å². The number of benzene rings is 3. The van der Waals surface area contributed by atoms with Crippen LogP contribution in [-0.4, -0.2) is 41.5 Å². The highest BCUT2D eigenvalue weighted by atomic mass is 16.5. The lowest BCUT2D eigenvalue weighted by Gasteiger charge is -2.44. The van der Waals surface area contributed by atoms with Crippen molar-refractivity contribution >= 4 is 29.0 Å². The van der Waals surface area contributed by atoms with E-state index in [4.69, 9.17) is 9.47 Å². The number of ether oxygens (including phenoxy) is 2. The van der Waals surface area contributed by atoms with Crippen LogP contribution in [-0.2, 0) is 14.4 Å². The number of nitrogens with one attached hydrogen (secondary N) is 2. The summed E-state index contributed by atoms with van der Waals surface area (Å²) >= 11 is 0. The smallest absolute Gasteiger partial charge is 0.235 e. The predicted molar refractivity (Wildman–Crippen MR) is 182 cm³/mol. The lowest BCUT2D eigenvalue weighted by Crippen LogP contribution is -2.56. The average molecular weight is 629 g/mol. The third-order valence-corrected chi connectivity index (χ3v) is 9.22. The van der Waals surface area contributed by atoms with Crippen molar-refractivity contribution in [3.63, 3.8) is 0 Å². The minimum atomic E-state index is -1.74. The van der Waals surface area contributed by atoms with E-state index in [0.29, 0.717) is 41.7 Å². The van der Waals surface area contributed by atoms with Crippen LogP contribution in [0.1, 0.15) is 80.2 Å². The van der Waals surface area contributed by atoms with Gasteiger partial charge in [-0.05, 0) is 100 Å². The van der Waals surface area contributed by atoms with E-state index < -0.39 is 41.0 Å². The molecule has 2 amide bonds. The van der Waals surface area contributed by atoms with Gasteiger partial charge in [0, 0.05) is 23.7 Å². The molecule has 0 bridgehead atoms. The molecule has 3 N–H and O–H groups in total. The van der Waals surface area contributed by atoms with E-state index in [-0.39, 0.29) is 6.42 Å². The second-order valence-corrected chi connectivity index (χ2v) is 12.6. The van der Waals surface area contributed by atoms with Gasteiger partial charge in [0.1, 0.15) is 11.7 Å². The fourth-order valence-electron chi connectivity index (χ4n) is 6.34. The Hall–Kier alpha value is -4.17. The zero-order chi connectivity index (χ0) is 33.6. The second-order valence-electron chi connectivity index (χ2n) is 12.6. The monoisotopic (exact) mass is 628 g/mol. The van der Waals surface area contributed by atoms with Gasteiger partial charge in [0.2, 0.25) is 11.8 Å².